The number of hydrogen-bond acceptors (Lipinski definition) is 16. The van der Waals surface area contributed by atoms with Gasteiger partial charge in [-0.1, -0.05) is 75.4 Å². The molecule has 3 saturated heterocycles. The van der Waals surface area contributed by atoms with Crippen LogP contribution in [0.5, 0.6) is 11.5 Å². The Morgan fingerprint density at radius 1 is 0.750 bits per heavy atom. The lowest BCUT2D eigenvalue weighted by Crippen LogP contribution is -2.51. The first kappa shape index (κ1) is 59.6. The molecule has 2 aromatic heterocycles. The van der Waals surface area contributed by atoms with Crippen molar-refractivity contribution in [2.24, 2.45) is 5.41 Å². The van der Waals surface area contributed by atoms with Crippen LogP contribution in [0.4, 0.5) is 0 Å². The highest BCUT2D eigenvalue weighted by atomic mass is 28.4. The number of benzene rings is 3. The molecule has 0 saturated carbocycles. The van der Waals surface area contributed by atoms with E-state index in [0.29, 0.717) is 24.5 Å². The third-order valence-electron chi connectivity index (χ3n) is 15.2. The Kier molecular flexibility index (Phi) is 18.7. The monoisotopic (exact) mass is 1130 g/mol. The number of carbonyl (C=O) groups excluding carboxylic acids is 2. The summed E-state index contributed by atoms with van der Waals surface area (Å²) in [6, 6.07) is 26.0. The van der Waals surface area contributed by atoms with Crippen molar-refractivity contribution in [1.29, 1.82) is 0 Å². The smallest absolute Gasteiger partial charge is 0.330 e. The summed E-state index contributed by atoms with van der Waals surface area (Å²) < 4.78 is 65.6. The fourth-order valence-electron chi connectivity index (χ4n) is 9.65. The molecule has 3 aliphatic heterocycles. The molecule has 3 aliphatic rings. The van der Waals surface area contributed by atoms with E-state index in [9.17, 15) is 28.8 Å². The maximum absolute atomic E-state index is 14.0. The Hall–Kier alpha value is -6.50. The van der Waals surface area contributed by atoms with Crippen molar-refractivity contribution in [3.8, 4) is 11.5 Å². The Labute approximate surface area is 465 Å². The van der Waals surface area contributed by atoms with Crippen molar-refractivity contribution < 1.29 is 56.6 Å². The number of carbonyl (C=O) groups is 2. The average molecular weight is 1130 g/mol. The molecule has 8 rings (SSSR count). The first-order valence-corrected chi connectivity index (χ1v) is 29.9. The highest BCUT2D eigenvalue weighted by Gasteiger charge is 2.53. The summed E-state index contributed by atoms with van der Waals surface area (Å²) in [5, 5.41) is 2.39. The fraction of sp³-hybridized carbons (Fsp3) is 0.517. The molecule has 21 nitrogen and oxygen atoms in total. The van der Waals surface area contributed by atoms with Crippen LogP contribution in [0.25, 0.3) is 0 Å². The molecule has 8 atom stereocenters. The summed E-state index contributed by atoms with van der Waals surface area (Å²) in [5.74, 6) is 0.167. The maximum Gasteiger partial charge on any atom is 0.330 e. The number of ether oxygens (including phenoxy) is 9. The Morgan fingerprint density at radius 3 is 1.98 bits per heavy atom. The van der Waals surface area contributed by atoms with Crippen LogP contribution >= 0.6 is 0 Å². The Morgan fingerprint density at radius 2 is 1.39 bits per heavy atom. The van der Waals surface area contributed by atoms with Gasteiger partial charge in [0.2, 0.25) is 5.91 Å². The SMILES string of the molecule is COc1ccc(C(OC[C@H]2O[C@@H](n3ccc(=O)[nH]c3=O)[C@H](OCC(=O)NCc3cn([C@H]4C[C@H](OC5CCCCO5)[C@@H](COC(=O)C(C)(C)C)O4)c(=O)[nH]c3=O)[C@@H]2O[Si](C)(C)C(C)(C)C)(c2ccccc2)c2ccc(OC)cc2)cc1. The highest BCUT2D eigenvalue weighted by molar-refractivity contribution is 6.74. The summed E-state index contributed by atoms with van der Waals surface area (Å²) in [6.07, 6.45) is -2.00. The first-order valence-electron chi connectivity index (χ1n) is 27.0. The van der Waals surface area contributed by atoms with Crippen molar-refractivity contribution in [2.45, 2.75) is 147 Å². The number of nitrogens with one attached hydrogen (secondary N) is 3. The normalized spacial score (nSPS) is 22.7. The molecule has 3 aromatic carbocycles. The van der Waals surface area contributed by atoms with Crippen LogP contribution in [-0.2, 0) is 59.3 Å². The van der Waals surface area contributed by atoms with Crippen LogP contribution < -0.4 is 37.3 Å². The minimum Gasteiger partial charge on any atom is -0.497 e. The molecular formula is C58H75N5O16Si. The zero-order chi connectivity index (χ0) is 57.6. The minimum absolute atomic E-state index is 0.0195. The topological polar surface area (TPSA) is 248 Å². The molecule has 432 valence electrons. The van der Waals surface area contributed by atoms with E-state index in [1.54, 1.807) is 35.0 Å². The number of hydrogen-bond donors (Lipinski definition) is 3. The van der Waals surface area contributed by atoms with Gasteiger partial charge in [-0.3, -0.25) is 38.3 Å². The first-order chi connectivity index (χ1) is 38.0. The van der Waals surface area contributed by atoms with Gasteiger partial charge in [-0.2, -0.15) is 0 Å². The Balaban J connectivity index is 1.08. The standard InChI is InChI=1S/C58H75N5O16Si/c1-56(2,3)53(67)74-33-43-42(77-48-18-14-15-29-72-48)30-47(76-43)63-32-36(51(66)61-55(63)69)31-59-46(65)35-73-50-49(79-80(9,10)57(4,5)6)44(78-52(50)62-28-27-45(64)60-54(62)68)34-75-58(37-16-12-11-13-17-37,38-19-23-40(70-7)24-20-38)39-21-25-41(71-8)26-22-39/h11-13,16-17,19-28,32,42-44,47-50,52H,14-15,18,29-31,33-35H2,1-10H3,(H,59,65)(H,60,64,68)(H,61,66,69)/t42-,43+,44+,47+,48?,49+,50+,52+/m0/s1. The number of esters is 1. The number of amides is 1. The van der Waals surface area contributed by atoms with Gasteiger partial charge in [-0.05, 0) is 99.1 Å². The van der Waals surface area contributed by atoms with E-state index in [2.05, 4.69) is 49.1 Å². The van der Waals surface area contributed by atoms with Crippen molar-refractivity contribution in [3.05, 3.63) is 161 Å². The highest BCUT2D eigenvalue weighted by Crippen LogP contribution is 2.46. The number of nitrogens with zero attached hydrogens (tertiary/aromatic N) is 2. The third-order valence-corrected chi connectivity index (χ3v) is 19.6. The molecule has 3 fully saturated rings. The summed E-state index contributed by atoms with van der Waals surface area (Å²) in [4.78, 5) is 84.4. The number of aromatic nitrogens is 4. The predicted octanol–water partition coefficient (Wildman–Crippen LogP) is 6.19. The van der Waals surface area contributed by atoms with E-state index in [0.717, 1.165) is 29.5 Å². The van der Waals surface area contributed by atoms with E-state index in [1.165, 1.54) is 27.6 Å². The van der Waals surface area contributed by atoms with Crippen LogP contribution in [0.15, 0.2) is 117 Å². The fourth-order valence-corrected chi connectivity index (χ4v) is 11.0. The minimum atomic E-state index is -2.78. The van der Waals surface area contributed by atoms with Gasteiger partial charge in [0.15, 0.2) is 20.8 Å². The molecule has 0 radical (unpaired) electrons. The van der Waals surface area contributed by atoms with Crippen molar-refractivity contribution in [3.63, 3.8) is 0 Å². The molecule has 0 spiro atoms. The van der Waals surface area contributed by atoms with Crippen molar-refractivity contribution >= 4 is 20.2 Å². The summed E-state index contributed by atoms with van der Waals surface area (Å²) in [5.41, 5.74) is -2.69. The molecule has 1 unspecified atom stereocenters. The number of rotatable bonds is 21. The maximum atomic E-state index is 14.0. The second-order valence-corrected chi connectivity index (χ2v) is 27.6. The lowest BCUT2D eigenvalue weighted by atomic mass is 9.80. The van der Waals surface area contributed by atoms with Gasteiger partial charge in [0.25, 0.3) is 11.1 Å². The van der Waals surface area contributed by atoms with Crippen LogP contribution in [0.2, 0.25) is 18.1 Å². The molecule has 5 aromatic rings. The van der Waals surface area contributed by atoms with E-state index in [1.807, 2.05) is 78.9 Å². The van der Waals surface area contributed by atoms with E-state index in [4.69, 9.17) is 47.1 Å². The van der Waals surface area contributed by atoms with Crippen LogP contribution in [-0.4, -0.2) is 117 Å². The zero-order valence-corrected chi connectivity index (χ0v) is 48.1. The lowest BCUT2D eigenvalue weighted by Gasteiger charge is -2.41. The van der Waals surface area contributed by atoms with E-state index in [-0.39, 0.29) is 36.8 Å². The average Bonchev–Trinajstić information content (AvgIpc) is 4.13. The summed E-state index contributed by atoms with van der Waals surface area (Å²) in [7, 11) is 0.406. The molecule has 22 heteroatoms. The van der Waals surface area contributed by atoms with Gasteiger partial charge in [0.05, 0.1) is 37.9 Å². The van der Waals surface area contributed by atoms with Crippen molar-refractivity contribution in [1.82, 2.24) is 24.4 Å². The lowest BCUT2D eigenvalue weighted by molar-refractivity contribution is -0.202. The molecule has 1 amide bonds. The molecule has 3 N–H and O–H groups in total. The summed E-state index contributed by atoms with van der Waals surface area (Å²) >= 11 is 0. The number of H-pyrrole nitrogens is 2. The molecule has 5 heterocycles. The van der Waals surface area contributed by atoms with Gasteiger partial charge in [-0.15, -0.1) is 0 Å². The number of methoxy groups -OCH3 is 2. The second kappa shape index (κ2) is 25.1. The Bertz CT molecular complexity index is 3090. The van der Waals surface area contributed by atoms with Gasteiger partial charge in [-0.25, -0.2) is 9.59 Å². The molecular weight excluding hydrogens is 1050 g/mol. The molecule has 0 bridgehead atoms. The van der Waals surface area contributed by atoms with Gasteiger partial charge < -0.3 is 52.4 Å². The van der Waals surface area contributed by atoms with Crippen LogP contribution in [0.1, 0.15) is 102 Å². The molecule has 80 heavy (non-hydrogen) atoms. The van der Waals surface area contributed by atoms with E-state index >= 15 is 0 Å². The van der Waals surface area contributed by atoms with Gasteiger partial charge >= 0.3 is 17.3 Å². The van der Waals surface area contributed by atoms with Gasteiger partial charge in [0, 0.05) is 38.0 Å². The zero-order valence-electron chi connectivity index (χ0n) is 47.1. The predicted molar refractivity (Wildman–Crippen MR) is 296 cm³/mol. The number of aromatic amines is 2. The van der Waals surface area contributed by atoms with E-state index < -0.39 is 110 Å². The summed E-state index contributed by atoms with van der Waals surface area (Å²) in [6.45, 7) is 14.8. The largest absolute Gasteiger partial charge is 0.497 e. The van der Waals surface area contributed by atoms with Crippen LogP contribution in [0, 0.1) is 5.41 Å². The second-order valence-electron chi connectivity index (χ2n) is 22.8. The van der Waals surface area contributed by atoms with Gasteiger partial charge in [0.1, 0.15) is 61.0 Å². The van der Waals surface area contributed by atoms with Crippen LogP contribution in [0.3, 0.4) is 0 Å². The third kappa shape index (κ3) is 13.6. The van der Waals surface area contributed by atoms with Crippen molar-refractivity contribution in [2.75, 3.05) is 40.6 Å². The molecule has 0 aliphatic carbocycles. The quantitative estimate of drug-likeness (QED) is 0.0421.